The van der Waals surface area contributed by atoms with Crippen molar-refractivity contribution >= 4 is 5.91 Å². The zero-order chi connectivity index (χ0) is 15.8. The van der Waals surface area contributed by atoms with Gasteiger partial charge < -0.3 is 14.1 Å². The van der Waals surface area contributed by atoms with Gasteiger partial charge in [0.2, 0.25) is 5.91 Å². The van der Waals surface area contributed by atoms with Crippen molar-refractivity contribution in [3.8, 4) is 0 Å². The van der Waals surface area contributed by atoms with Gasteiger partial charge in [-0.25, -0.2) is 0 Å². The molecule has 1 saturated heterocycles. The van der Waals surface area contributed by atoms with E-state index in [1.807, 2.05) is 24.0 Å². The van der Waals surface area contributed by atoms with Crippen molar-refractivity contribution in [1.29, 1.82) is 0 Å². The summed E-state index contributed by atoms with van der Waals surface area (Å²) in [5, 5.41) is 0. The lowest BCUT2D eigenvalue weighted by molar-refractivity contribution is -0.137. The van der Waals surface area contributed by atoms with Crippen LogP contribution < -0.4 is 0 Å². The summed E-state index contributed by atoms with van der Waals surface area (Å²) < 4.78 is 11.5. The van der Waals surface area contributed by atoms with Crippen molar-refractivity contribution in [3.63, 3.8) is 0 Å². The van der Waals surface area contributed by atoms with Crippen LogP contribution in [0.15, 0.2) is 16.5 Å². The Morgan fingerprint density at radius 1 is 1.30 bits per heavy atom. The Balaban J connectivity index is 1.41. The third-order valence-corrected chi connectivity index (χ3v) is 5.37. The van der Waals surface area contributed by atoms with Crippen LogP contribution >= 0.6 is 0 Å². The van der Waals surface area contributed by atoms with Crippen LogP contribution in [0.5, 0.6) is 0 Å². The molecule has 1 amide bonds. The minimum atomic E-state index is 0.245. The van der Waals surface area contributed by atoms with Gasteiger partial charge in [0.1, 0.15) is 11.5 Å². The van der Waals surface area contributed by atoms with Gasteiger partial charge in [-0.05, 0) is 51.2 Å². The van der Waals surface area contributed by atoms with E-state index in [0.717, 1.165) is 43.9 Å². The van der Waals surface area contributed by atoms with Gasteiger partial charge in [-0.15, -0.1) is 0 Å². The summed E-state index contributed by atoms with van der Waals surface area (Å²) >= 11 is 0. The fourth-order valence-electron chi connectivity index (χ4n) is 4.01. The molecule has 0 spiro atoms. The Bertz CT molecular complexity index is 566. The van der Waals surface area contributed by atoms with Crippen LogP contribution in [0.1, 0.15) is 43.6 Å². The second-order valence-corrected chi connectivity index (χ2v) is 7.14. The Kier molecular flexibility index (Phi) is 4.16. The number of furan rings is 1. The first-order valence-corrected chi connectivity index (χ1v) is 8.91. The summed E-state index contributed by atoms with van der Waals surface area (Å²) in [7, 11) is 0. The van der Waals surface area contributed by atoms with Crippen LogP contribution in [0.2, 0.25) is 0 Å². The lowest BCUT2D eigenvalue weighted by Crippen LogP contribution is -2.52. The fraction of sp³-hybridized carbons (Fsp3) is 0.722. The zero-order valence-electron chi connectivity index (χ0n) is 13.9. The van der Waals surface area contributed by atoms with Crippen molar-refractivity contribution in [1.82, 2.24) is 9.80 Å². The van der Waals surface area contributed by atoms with Gasteiger partial charge in [0.05, 0.1) is 25.8 Å². The molecule has 3 aliphatic rings. The Hall–Kier alpha value is -1.33. The molecule has 1 aliphatic heterocycles. The molecule has 23 heavy (non-hydrogen) atoms. The molecule has 1 aromatic rings. The van der Waals surface area contributed by atoms with E-state index in [0.29, 0.717) is 31.3 Å². The van der Waals surface area contributed by atoms with E-state index in [-0.39, 0.29) is 5.91 Å². The first-order chi connectivity index (χ1) is 11.2. The van der Waals surface area contributed by atoms with Crippen LogP contribution in [-0.2, 0) is 16.1 Å². The molecule has 1 aromatic heterocycles. The summed E-state index contributed by atoms with van der Waals surface area (Å²) in [5.74, 6) is 2.04. The predicted octanol–water partition coefficient (Wildman–Crippen LogP) is 2.33. The van der Waals surface area contributed by atoms with E-state index < -0.39 is 0 Å². The summed E-state index contributed by atoms with van der Waals surface area (Å²) in [6, 6.07) is 4.81. The predicted molar refractivity (Wildman–Crippen MR) is 86.0 cm³/mol. The highest BCUT2D eigenvalue weighted by Crippen LogP contribution is 2.31. The van der Waals surface area contributed by atoms with E-state index in [4.69, 9.17) is 9.15 Å². The normalized spacial score (nSPS) is 27.9. The highest BCUT2D eigenvalue weighted by molar-refractivity contribution is 5.79. The van der Waals surface area contributed by atoms with Gasteiger partial charge in [0.15, 0.2) is 0 Å². The van der Waals surface area contributed by atoms with Gasteiger partial charge in [-0.3, -0.25) is 9.69 Å². The lowest BCUT2D eigenvalue weighted by atomic mass is 10.1. The van der Waals surface area contributed by atoms with Crippen LogP contribution in [0.25, 0.3) is 0 Å². The minimum Gasteiger partial charge on any atom is -0.464 e. The highest BCUT2D eigenvalue weighted by atomic mass is 16.5. The molecular formula is C18H26N2O3. The minimum absolute atomic E-state index is 0.245. The van der Waals surface area contributed by atoms with E-state index in [2.05, 4.69) is 4.90 Å². The number of carbonyl (C=O) groups excluding carboxylic acids is 1. The molecule has 2 heterocycles. The monoisotopic (exact) mass is 318 g/mol. The van der Waals surface area contributed by atoms with Gasteiger partial charge in [-0.2, -0.15) is 0 Å². The quantitative estimate of drug-likeness (QED) is 0.836. The molecule has 0 N–H and O–H groups in total. The fourth-order valence-corrected chi connectivity index (χ4v) is 4.01. The summed E-state index contributed by atoms with van der Waals surface area (Å²) in [5.41, 5.74) is 0. The van der Waals surface area contributed by atoms with Crippen molar-refractivity contribution in [3.05, 3.63) is 23.7 Å². The number of rotatable bonds is 5. The standard InChI is InChI=1S/C18H26N2O3/c1-13-5-8-15(23-13)11-20(14-6-7-14)18(21)12-19-9-10-22-17-4-2-3-16(17)19/h5,8,14,16-17H,2-4,6-7,9-12H2,1H3/t16-,17+/m0/s1. The van der Waals surface area contributed by atoms with Gasteiger partial charge in [0.25, 0.3) is 0 Å². The molecule has 2 saturated carbocycles. The summed E-state index contributed by atoms with van der Waals surface area (Å²) in [4.78, 5) is 17.3. The Morgan fingerprint density at radius 2 is 2.17 bits per heavy atom. The van der Waals surface area contributed by atoms with Crippen LogP contribution in [0.3, 0.4) is 0 Å². The van der Waals surface area contributed by atoms with Crippen molar-refractivity contribution in [2.24, 2.45) is 0 Å². The number of nitrogens with zero attached hydrogens (tertiary/aromatic N) is 2. The average Bonchev–Trinajstić information content (AvgIpc) is 3.10. The molecular weight excluding hydrogens is 292 g/mol. The van der Waals surface area contributed by atoms with E-state index >= 15 is 0 Å². The van der Waals surface area contributed by atoms with Crippen LogP contribution in [-0.4, -0.2) is 53.6 Å². The van der Waals surface area contributed by atoms with Crippen molar-refractivity contribution in [2.45, 2.75) is 63.8 Å². The maximum Gasteiger partial charge on any atom is 0.237 e. The number of ether oxygens (including phenoxy) is 1. The van der Waals surface area contributed by atoms with E-state index in [1.165, 1.54) is 12.8 Å². The zero-order valence-corrected chi connectivity index (χ0v) is 13.9. The number of hydrogen-bond donors (Lipinski definition) is 0. The molecule has 5 heteroatoms. The van der Waals surface area contributed by atoms with Crippen LogP contribution in [0.4, 0.5) is 0 Å². The number of amides is 1. The molecule has 4 rings (SSSR count). The summed E-state index contributed by atoms with van der Waals surface area (Å²) in [6.45, 7) is 4.72. The molecule has 0 aromatic carbocycles. The molecule has 0 radical (unpaired) electrons. The lowest BCUT2D eigenvalue weighted by Gasteiger charge is -2.38. The number of fused-ring (bicyclic) bond motifs is 1. The molecule has 2 aliphatic carbocycles. The maximum absolute atomic E-state index is 12.9. The van der Waals surface area contributed by atoms with Crippen molar-refractivity contribution in [2.75, 3.05) is 19.7 Å². The van der Waals surface area contributed by atoms with Crippen molar-refractivity contribution < 1.29 is 13.9 Å². The molecule has 3 fully saturated rings. The molecule has 0 unspecified atom stereocenters. The van der Waals surface area contributed by atoms with Gasteiger partial charge in [0, 0.05) is 18.6 Å². The Labute approximate surface area is 137 Å². The number of hydrogen-bond acceptors (Lipinski definition) is 4. The number of morpholine rings is 1. The average molecular weight is 318 g/mol. The van der Waals surface area contributed by atoms with E-state index in [1.54, 1.807) is 0 Å². The third kappa shape index (κ3) is 3.31. The van der Waals surface area contributed by atoms with Gasteiger partial charge in [-0.1, -0.05) is 0 Å². The highest BCUT2D eigenvalue weighted by Gasteiger charge is 2.39. The largest absolute Gasteiger partial charge is 0.464 e. The number of aryl methyl sites for hydroxylation is 1. The van der Waals surface area contributed by atoms with Crippen LogP contribution in [0, 0.1) is 6.92 Å². The maximum atomic E-state index is 12.9. The SMILES string of the molecule is Cc1ccc(CN(C(=O)CN2CCO[C@@H]3CCC[C@@H]32)C2CC2)o1. The smallest absolute Gasteiger partial charge is 0.237 e. The first-order valence-electron chi connectivity index (χ1n) is 8.91. The summed E-state index contributed by atoms with van der Waals surface area (Å²) in [6.07, 6.45) is 6.13. The second kappa shape index (κ2) is 6.29. The second-order valence-electron chi connectivity index (χ2n) is 7.14. The Morgan fingerprint density at radius 3 is 2.91 bits per heavy atom. The number of carbonyl (C=O) groups is 1. The molecule has 0 bridgehead atoms. The molecule has 126 valence electrons. The molecule has 2 atom stereocenters. The molecule has 5 nitrogen and oxygen atoms in total. The first kappa shape index (κ1) is 15.2. The van der Waals surface area contributed by atoms with E-state index in [9.17, 15) is 4.79 Å². The third-order valence-electron chi connectivity index (χ3n) is 5.37. The van der Waals surface area contributed by atoms with Gasteiger partial charge >= 0.3 is 0 Å². The topological polar surface area (TPSA) is 45.9 Å².